The maximum Gasteiger partial charge on any atom is 0.173 e. The lowest BCUT2D eigenvalue weighted by Gasteiger charge is -2.07. The van der Waals surface area contributed by atoms with Gasteiger partial charge in [0.05, 0.1) is 5.56 Å². The number of nitrogens with zero attached hydrogens (tertiary/aromatic N) is 1. The number of nitrogen functional groups attached to an aromatic ring is 1. The van der Waals surface area contributed by atoms with Crippen molar-refractivity contribution in [1.29, 1.82) is 0 Å². The van der Waals surface area contributed by atoms with E-state index < -0.39 is 0 Å². The van der Waals surface area contributed by atoms with Crippen LogP contribution < -0.4 is 5.73 Å². The van der Waals surface area contributed by atoms with Gasteiger partial charge in [-0.25, -0.2) is 0 Å². The number of aryl methyl sites for hydroxylation is 1. The Bertz CT molecular complexity index is 546. The van der Waals surface area contributed by atoms with Gasteiger partial charge in [-0.15, -0.1) is 0 Å². The molecule has 1 aliphatic carbocycles. The van der Waals surface area contributed by atoms with Gasteiger partial charge >= 0.3 is 0 Å². The molecule has 4 nitrogen and oxygen atoms in total. The summed E-state index contributed by atoms with van der Waals surface area (Å²) in [6, 6.07) is 5.33. The first-order chi connectivity index (χ1) is 7.75. The first-order valence-corrected chi connectivity index (χ1v) is 5.32. The summed E-state index contributed by atoms with van der Waals surface area (Å²) < 4.78 is 5.12. The lowest BCUT2D eigenvalue weighted by molar-refractivity contribution is 0.428. The highest BCUT2D eigenvalue weighted by atomic mass is 16.5. The smallest absolute Gasteiger partial charge is 0.173 e. The predicted octanol–water partition coefficient (Wildman–Crippen LogP) is 2.12. The van der Waals surface area contributed by atoms with Crippen molar-refractivity contribution in [1.82, 2.24) is 5.16 Å². The monoisotopic (exact) mass is 216 g/mol. The van der Waals surface area contributed by atoms with Crippen molar-refractivity contribution < 1.29 is 9.63 Å². The van der Waals surface area contributed by atoms with Crippen molar-refractivity contribution in [3.8, 4) is 17.1 Å². The lowest BCUT2D eigenvalue weighted by atomic mass is 10.0. The third kappa shape index (κ3) is 1.26. The van der Waals surface area contributed by atoms with Crippen LogP contribution in [0.2, 0.25) is 0 Å². The molecule has 3 rings (SSSR count). The van der Waals surface area contributed by atoms with Gasteiger partial charge in [0.2, 0.25) is 0 Å². The maximum atomic E-state index is 9.91. The molecule has 0 aliphatic heterocycles. The molecule has 1 aromatic heterocycles. The summed E-state index contributed by atoms with van der Waals surface area (Å²) in [7, 11) is 0. The van der Waals surface area contributed by atoms with E-state index in [2.05, 4.69) is 5.16 Å². The predicted molar refractivity (Wildman–Crippen MR) is 60.0 cm³/mol. The topological polar surface area (TPSA) is 72.3 Å². The van der Waals surface area contributed by atoms with E-state index in [1.807, 2.05) is 6.07 Å². The number of nitrogens with two attached hydrogens (primary N) is 1. The van der Waals surface area contributed by atoms with Crippen molar-refractivity contribution in [2.24, 2.45) is 0 Å². The van der Waals surface area contributed by atoms with Gasteiger partial charge < -0.3 is 15.4 Å². The molecule has 82 valence electrons. The molecule has 1 aromatic carbocycles. The highest BCUT2D eigenvalue weighted by Gasteiger charge is 2.21. The molecule has 0 amide bonds. The second kappa shape index (κ2) is 3.27. The lowest BCUT2D eigenvalue weighted by Crippen LogP contribution is -1.88. The summed E-state index contributed by atoms with van der Waals surface area (Å²) in [4.78, 5) is 0. The van der Waals surface area contributed by atoms with E-state index in [-0.39, 0.29) is 5.75 Å². The standard InChI is InChI=1S/C12H12N2O2/c13-11-6-10(16-14-11)12-8-3-1-2-7(8)4-5-9(12)15/h4-6,15H,1-3H2,(H2,13,14). The molecule has 0 bridgehead atoms. The molecule has 2 aromatic rings. The van der Waals surface area contributed by atoms with E-state index in [4.69, 9.17) is 10.3 Å². The average Bonchev–Trinajstić information content (AvgIpc) is 2.86. The van der Waals surface area contributed by atoms with Gasteiger partial charge in [-0.1, -0.05) is 11.2 Å². The fourth-order valence-corrected chi connectivity index (χ4v) is 2.34. The molecule has 0 saturated carbocycles. The van der Waals surface area contributed by atoms with Crippen LogP contribution in [-0.4, -0.2) is 10.3 Å². The van der Waals surface area contributed by atoms with E-state index in [1.165, 1.54) is 5.56 Å². The molecule has 16 heavy (non-hydrogen) atoms. The molecule has 0 radical (unpaired) electrons. The van der Waals surface area contributed by atoms with E-state index in [0.29, 0.717) is 11.6 Å². The van der Waals surface area contributed by atoms with Crippen LogP contribution in [0.25, 0.3) is 11.3 Å². The Hall–Kier alpha value is -1.97. The van der Waals surface area contributed by atoms with Crippen molar-refractivity contribution in [2.75, 3.05) is 5.73 Å². The molecule has 1 heterocycles. The van der Waals surface area contributed by atoms with E-state index >= 15 is 0 Å². The largest absolute Gasteiger partial charge is 0.507 e. The number of rotatable bonds is 1. The summed E-state index contributed by atoms with van der Waals surface area (Å²) in [5.74, 6) is 1.12. The molecule has 1 aliphatic rings. The van der Waals surface area contributed by atoms with Crippen LogP contribution in [0.15, 0.2) is 22.7 Å². The SMILES string of the molecule is Nc1cc(-c2c(O)ccc3c2CCC3)on1. The van der Waals surface area contributed by atoms with Crippen molar-refractivity contribution in [3.63, 3.8) is 0 Å². The first-order valence-electron chi connectivity index (χ1n) is 5.32. The van der Waals surface area contributed by atoms with Crippen molar-refractivity contribution in [3.05, 3.63) is 29.3 Å². The molecule has 0 spiro atoms. The average molecular weight is 216 g/mol. The van der Waals surface area contributed by atoms with E-state index in [9.17, 15) is 5.11 Å². The molecular formula is C12H12N2O2. The Morgan fingerprint density at radius 1 is 1.31 bits per heavy atom. The second-order valence-electron chi connectivity index (χ2n) is 4.07. The van der Waals surface area contributed by atoms with Crippen LogP contribution in [-0.2, 0) is 12.8 Å². The number of aromatic hydroxyl groups is 1. The summed E-state index contributed by atoms with van der Waals surface area (Å²) in [5.41, 5.74) is 8.72. The van der Waals surface area contributed by atoms with Gasteiger partial charge in [-0.05, 0) is 36.5 Å². The molecule has 4 heteroatoms. The van der Waals surface area contributed by atoms with Gasteiger partial charge in [-0.2, -0.15) is 0 Å². The minimum atomic E-state index is 0.233. The van der Waals surface area contributed by atoms with Crippen LogP contribution in [0.4, 0.5) is 5.82 Å². The number of hydrogen-bond donors (Lipinski definition) is 2. The zero-order valence-electron chi connectivity index (χ0n) is 8.73. The Labute approximate surface area is 92.7 Å². The minimum Gasteiger partial charge on any atom is -0.507 e. The fourth-order valence-electron chi connectivity index (χ4n) is 2.34. The number of anilines is 1. The normalized spacial score (nSPS) is 14.0. The van der Waals surface area contributed by atoms with Gasteiger partial charge in [0.15, 0.2) is 11.6 Å². The summed E-state index contributed by atoms with van der Waals surface area (Å²) in [5, 5.41) is 13.6. The summed E-state index contributed by atoms with van der Waals surface area (Å²) in [6.07, 6.45) is 3.15. The van der Waals surface area contributed by atoms with Gasteiger partial charge in [-0.3, -0.25) is 0 Å². The Morgan fingerprint density at radius 2 is 2.19 bits per heavy atom. The van der Waals surface area contributed by atoms with Crippen LogP contribution in [0.3, 0.4) is 0 Å². The molecule has 0 fully saturated rings. The number of hydrogen-bond acceptors (Lipinski definition) is 4. The van der Waals surface area contributed by atoms with Gasteiger partial charge in [0, 0.05) is 6.07 Å². The van der Waals surface area contributed by atoms with Crippen LogP contribution in [0, 0.1) is 0 Å². The molecule has 3 N–H and O–H groups in total. The number of aromatic nitrogens is 1. The van der Waals surface area contributed by atoms with Crippen molar-refractivity contribution in [2.45, 2.75) is 19.3 Å². The number of phenolic OH excluding ortho intramolecular Hbond substituents is 1. The van der Waals surface area contributed by atoms with E-state index in [0.717, 1.165) is 30.4 Å². The molecule has 0 unspecified atom stereocenters. The van der Waals surface area contributed by atoms with Crippen LogP contribution in [0.5, 0.6) is 5.75 Å². The minimum absolute atomic E-state index is 0.233. The molecule has 0 atom stereocenters. The highest BCUT2D eigenvalue weighted by molar-refractivity contribution is 5.73. The number of benzene rings is 1. The summed E-state index contributed by atoms with van der Waals surface area (Å²) in [6.45, 7) is 0. The highest BCUT2D eigenvalue weighted by Crippen LogP contribution is 2.39. The molecular weight excluding hydrogens is 204 g/mol. The fraction of sp³-hybridized carbons (Fsp3) is 0.250. The van der Waals surface area contributed by atoms with Gasteiger partial charge in [0.25, 0.3) is 0 Å². The van der Waals surface area contributed by atoms with Crippen LogP contribution >= 0.6 is 0 Å². The zero-order chi connectivity index (χ0) is 11.1. The maximum absolute atomic E-state index is 9.91. The third-order valence-corrected chi connectivity index (χ3v) is 3.04. The third-order valence-electron chi connectivity index (χ3n) is 3.04. The number of fused-ring (bicyclic) bond motifs is 1. The molecule has 0 saturated heterocycles. The quantitative estimate of drug-likeness (QED) is 0.765. The number of phenols is 1. The zero-order valence-corrected chi connectivity index (χ0v) is 8.73. The van der Waals surface area contributed by atoms with E-state index in [1.54, 1.807) is 12.1 Å². The second-order valence-corrected chi connectivity index (χ2v) is 4.07. The Kier molecular flexibility index (Phi) is 1.89. The van der Waals surface area contributed by atoms with Crippen molar-refractivity contribution >= 4 is 5.82 Å². The van der Waals surface area contributed by atoms with Gasteiger partial charge in [0.1, 0.15) is 5.75 Å². The van der Waals surface area contributed by atoms with Crippen LogP contribution in [0.1, 0.15) is 17.5 Å². The Balaban J connectivity index is 2.23. The summed E-state index contributed by atoms with van der Waals surface area (Å²) >= 11 is 0. The Morgan fingerprint density at radius 3 is 2.94 bits per heavy atom. The first kappa shape index (κ1) is 9.27.